The summed E-state index contributed by atoms with van der Waals surface area (Å²) in [6, 6.07) is 5.10. The zero-order valence-corrected chi connectivity index (χ0v) is 10.2. The van der Waals surface area contributed by atoms with Gasteiger partial charge in [-0.05, 0) is 30.4 Å². The third-order valence-corrected chi connectivity index (χ3v) is 2.15. The minimum atomic E-state index is 0.553. The summed E-state index contributed by atoms with van der Waals surface area (Å²) in [4.78, 5) is 3.77. The maximum absolute atomic E-state index is 5.81. The Morgan fingerprint density at radius 2 is 1.93 bits per heavy atom. The van der Waals surface area contributed by atoms with Gasteiger partial charge in [-0.2, -0.15) is 0 Å². The molecule has 0 spiro atoms. The van der Waals surface area contributed by atoms with Crippen molar-refractivity contribution >= 4 is 40.6 Å². The quantitative estimate of drug-likeness (QED) is 0.456. The molecule has 0 unspecified atom stereocenters. The Labute approximate surface area is 104 Å². The number of benzene rings is 1. The molecule has 0 N–H and O–H groups in total. The van der Waals surface area contributed by atoms with Gasteiger partial charge in [0.25, 0.3) is 0 Å². The van der Waals surface area contributed by atoms with Gasteiger partial charge in [-0.3, -0.25) is 0 Å². The molecule has 0 saturated heterocycles. The lowest BCUT2D eigenvalue weighted by molar-refractivity contribution is 0.314. The second-order valence-electron chi connectivity index (χ2n) is 2.78. The van der Waals surface area contributed by atoms with Gasteiger partial charge < -0.3 is 4.74 Å². The molecule has 0 radical (unpaired) electrons. The third kappa shape index (κ3) is 5.14. The number of ether oxygens (including phenoxy) is 1. The lowest BCUT2D eigenvalue weighted by Crippen LogP contribution is -1.98. The Bertz CT molecular complexity index is 357. The van der Waals surface area contributed by atoms with Crippen molar-refractivity contribution in [3.63, 3.8) is 0 Å². The highest BCUT2D eigenvalue weighted by Gasteiger charge is 1.98. The first kappa shape index (κ1) is 12.5. The molecule has 0 aliphatic carbocycles. The fraction of sp³-hybridized carbons (Fsp3) is 0.300. The molecule has 2 nitrogen and oxygen atoms in total. The lowest BCUT2D eigenvalue weighted by atomic mass is 10.3. The summed E-state index contributed by atoms with van der Waals surface area (Å²) < 4.78 is 5.42. The van der Waals surface area contributed by atoms with Gasteiger partial charge in [0.05, 0.1) is 18.3 Å². The highest BCUT2D eigenvalue weighted by molar-refractivity contribution is 7.78. The van der Waals surface area contributed by atoms with Crippen molar-refractivity contribution in [1.82, 2.24) is 0 Å². The van der Waals surface area contributed by atoms with Crippen LogP contribution in [0.15, 0.2) is 23.2 Å². The normalized spacial score (nSPS) is 9.47. The zero-order valence-electron chi connectivity index (χ0n) is 7.87. The van der Waals surface area contributed by atoms with E-state index < -0.39 is 0 Å². The predicted octanol–water partition coefficient (Wildman–Crippen LogP) is 3.87. The van der Waals surface area contributed by atoms with E-state index in [1.54, 1.807) is 18.2 Å². The van der Waals surface area contributed by atoms with Crippen molar-refractivity contribution in [1.29, 1.82) is 0 Å². The van der Waals surface area contributed by atoms with Gasteiger partial charge in [0.2, 0.25) is 0 Å². The molecular weight excluding hydrogens is 253 g/mol. The van der Waals surface area contributed by atoms with Crippen molar-refractivity contribution in [2.75, 3.05) is 13.2 Å². The maximum Gasteiger partial charge on any atom is 0.122 e. The maximum atomic E-state index is 5.81. The second-order valence-corrected chi connectivity index (χ2v) is 3.84. The average Bonchev–Trinajstić information content (AvgIpc) is 2.16. The van der Waals surface area contributed by atoms with E-state index in [9.17, 15) is 0 Å². The van der Waals surface area contributed by atoms with Crippen LogP contribution in [0.4, 0.5) is 0 Å². The van der Waals surface area contributed by atoms with Crippen LogP contribution in [0.5, 0.6) is 5.75 Å². The van der Waals surface area contributed by atoms with Crippen molar-refractivity contribution in [3.05, 3.63) is 28.2 Å². The minimum Gasteiger partial charge on any atom is -0.493 e. The van der Waals surface area contributed by atoms with Gasteiger partial charge in [-0.25, -0.2) is 4.99 Å². The molecule has 0 aromatic heterocycles. The first-order chi connectivity index (χ1) is 7.22. The van der Waals surface area contributed by atoms with Crippen LogP contribution < -0.4 is 4.74 Å². The van der Waals surface area contributed by atoms with Gasteiger partial charge in [-0.1, -0.05) is 23.2 Å². The molecule has 0 atom stereocenters. The van der Waals surface area contributed by atoms with E-state index in [2.05, 4.69) is 22.4 Å². The summed E-state index contributed by atoms with van der Waals surface area (Å²) in [5.41, 5.74) is 0. The molecule has 0 aliphatic rings. The molecule has 1 aromatic rings. The van der Waals surface area contributed by atoms with Crippen LogP contribution in [-0.2, 0) is 0 Å². The van der Waals surface area contributed by atoms with Crippen molar-refractivity contribution in [2.24, 2.45) is 4.99 Å². The first-order valence-electron chi connectivity index (χ1n) is 4.35. The van der Waals surface area contributed by atoms with E-state index in [1.807, 2.05) is 0 Å². The molecule has 0 amide bonds. The average molecular weight is 262 g/mol. The van der Waals surface area contributed by atoms with Crippen LogP contribution in [-0.4, -0.2) is 18.3 Å². The second kappa shape index (κ2) is 6.81. The summed E-state index contributed by atoms with van der Waals surface area (Å²) in [6.45, 7) is 1.18. The van der Waals surface area contributed by atoms with Gasteiger partial charge in [0, 0.05) is 16.5 Å². The summed E-state index contributed by atoms with van der Waals surface area (Å²) >= 11 is 16.0. The molecule has 1 aromatic carbocycles. The Morgan fingerprint density at radius 3 is 2.53 bits per heavy atom. The van der Waals surface area contributed by atoms with Crippen molar-refractivity contribution in [2.45, 2.75) is 6.42 Å². The molecule has 1 rings (SSSR count). The molecule has 0 aliphatic heterocycles. The number of nitrogens with zero attached hydrogens (tertiary/aromatic N) is 1. The highest BCUT2D eigenvalue weighted by Crippen LogP contribution is 2.24. The van der Waals surface area contributed by atoms with Gasteiger partial charge in [0.15, 0.2) is 0 Å². The van der Waals surface area contributed by atoms with Gasteiger partial charge >= 0.3 is 0 Å². The first-order valence-corrected chi connectivity index (χ1v) is 5.51. The number of rotatable bonds is 5. The smallest absolute Gasteiger partial charge is 0.122 e. The highest BCUT2D eigenvalue weighted by atomic mass is 35.5. The van der Waals surface area contributed by atoms with Crippen LogP contribution in [0.25, 0.3) is 0 Å². The van der Waals surface area contributed by atoms with Crippen LogP contribution in [0.3, 0.4) is 0 Å². The number of halogens is 2. The molecule has 0 saturated carbocycles. The number of hydrogen-bond donors (Lipinski definition) is 0. The van der Waals surface area contributed by atoms with E-state index >= 15 is 0 Å². The summed E-state index contributed by atoms with van der Waals surface area (Å²) in [6.07, 6.45) is 0.785. The summed E-state index contributed by atoms with van der Waals surface area (Å²) in [7, 11) is 0. The molecule has 0 bridgehead atoms. The van der Waals surface area contributed by atoms with Gasteiger partial charge in [-0.15, -0.1) is 0 Å². The monoisotopic (exact) mass is 261 g/mol. The SMILES string of the molecule is S=C=NCCCOc1cc(Cl)cc(Cl)c1. The third-order valence-electron chi connectivity index (χ3n) is 1.58. The van der Waals surface area contributed by atoms with E-state index in [1.165, 1.54) is 0 Å². The Kier molecular flexibility index (Phi) is 5.66. The molecule has 5 heteroatoms. The molecular formula is C10H9Cl2NOS. The Balaban J connectivity index is 2.40. The number of aliphatic imine (C=N–C) groups is 1. The summed E-state index contributed by atoms with van der Waals surface area (Å²) in [5, 5.41) is 3.42. The fourth-order valence-electron chi connectivity index (χ4n) is 0.991. The fourth-order valence-corrected chi connectivity index (χ4v) is 1.59. The minimum absolute atomic E-state index is 0.553. The molecule has 0 heterocycles. The zero-order chi connectivity index (χ0) is 11.1. The largest absolute Gasteiger partial charge is 0.493 e. The topological polar surface area (TPSA) is 21.6 Å². The Hall–Kier alpha value is -0.600. The van der Waals surface area contributed by atoms with Crippen molar-refractivity contribution in [3.8, 4) is 5.75 Å². The van der Waals surface area contributed by atoms with E-state index in [-0.39, 0.29) is 0 Å². The van der Waals surface area contributed by atoms with Gasteiger partial charge in [0.1, 0.15) is 5.75 Å². The molecule has 80 valence electrons. The Morgan fingerprint density at radius 1 is 1.27 bits per heavy atom. The number of thiocarbonyl (C=S) groups is 1. The van der Waals surface area contributed by atoms with E-state index in [0.717, 1.165) is 6.42 Å². The number of isothiocyanates is 1. The van der Waals surface area contributed by atoms with Crippen LogP contribution in [0.1, 0.15) is 6.42 Å². The van der Waals surface area contributed by atoms with Crippen LogP contribution in [0.2, 0.25) is 10.0 Å². The van der Waals surface area contributed by atoms with Crippen LogP contribution >= 0.6 is 35.4 Å². The predicted molar refractivity (Wildman–Crippen MR) is 66.5 cm³/mol. The van der Waals surface area contributed by atoms with E-state index in [4.69, 9.17) is 27.9 Å². The number of hydrogen-bond acceptors (Lipinski definition) is 3. The molecule has 0 fully saturated rings. The summed E-state index contributed by atoms with van der Waals surface area (Å²) in [5.74, 6) is 0.666. The van der Waals surface area contributed by atoms with E-state index in [0.29, 0.717) is 28.9 Å². The van der Waals surface area contributed by atoms with Crippen LogP contribution in [0, 0.1) is 0 Å². The standard InChI is InChI=1S/C10H9Cl2NOS/c11-8-4-9(12)6-10(5-8)14-3-1-2-13-7-15/h4-6H,1-3H2. The van der Waals surface area contributed by atoms with Crippen molar-refractivity contribution < 1.29 is 4.74 Å². The lowest BCUT2D eigenvalue weighted by Gasteiger charge is -2.05. The molecule has 15 heavy (non-hydrogen) atoms.